The number of aromatic amines is 2. The zero-order valence-corrected chi connectivity index (χ0v) is 11.9. The van der Waals surface area contributed by atoms with E-state index in [1.54, 1.807) is 0 Å². The van der Waals surface area contributed by atoms with Gasteiger partial charge in [-0.1, -0.05) is 42.5 Å². The lowest BCUT2D eigenvalue weighted by atomic mass is 9.98. The molecule has 1 aromatic heterocycles. The lowest BCUT2D eigenvalue weighted by molar-refractivity contribution is 0.966. The van der Waals surface area contributed by atoms with Crippen molar-refractivity contribution in [2.45, 2.75) is 13.3 Å². The van der Waals surface area contributed by atoms with Gasteiger partial charge in [-0.25, -0.2) is 0 Å². The molecule has 0 saturated carbocycles. The van der Waals surface area contributed by atoms with E-state index in [-0.39, 0.29) is 5.56 Å². The minimum Gasteiger partial charge on any atom is -0.336 e. The Kier molecular flexibility index (Phi) is 3.24. The molecule has 0 aliphatic rings. The van der Waals surface area contributed by atoms with Gasteiger partial charge in [0.25, 0.3) is 5.56 Å². The van der Waals surface area contributed by atoms with Gasteiger partial charge in [0.05, 0.1) is 0 Å². The van der Waals surface area contributed by atoms with E-state index in [2.05, 4.69) is 34.2 Å². The van der Waals surface area contributed by atoms with Crippen molar-refractivity contribution in [3.63, 3.8) is 0 Å². The van der Waals surface area contributed by atoms with Crippen LogP contribution in [0, 0.1) is 11.7 Å². The number of nitrogens with one attached hydrogen (secondary N) is 2. The molecule has 0 spiro atoms. The maximum absolute atomic E-state index is 12.1. The van der Waals surface area contributed by atoms with Crippen molar-refractivity contribution in [1.82, 2.24) is 9.97 Å². The van der Waals surface area contributed by atoms with E-state index in [4.69, 9.17) is 12.2 Å². The standard InChI is InChI=1S/C16H14N2OS/c1-10-14(15(19)18-16(20)17-10)9-12-7-4-6-11-5-2-3-8-13(11)12/h2-8H,9H2,1H3,(H2,17,18,19,20). The fraction of sp³-hybridized carbons (Fsp3) is 0.125. The van der Waals surface area contributed by atoms with Crippen LogP contribution < -0.4 is 5.56 Å². The summed E-state index contributed by atoms with van der Waals surface area (Å²) in [6, 6.07) is 14.3. The van der Waals surface area contributed by atoms with Crippen LogP contribution in [0.15, 0.2) is 47.3 Å². The van der Waals surface area contributed by atoms with Crippen LogP contribution in [0.1, 0.15) is 16.8 Å². The van der Waals surface area contributed by atoms with Gasteiger partial charge in [-0.05, 0) is 35.5 Å². The van der Waals surface area contributed by atoms with E-state index in [0.29, 0.717) is 11.2 Å². The molecule has 4 heteroatoms. The summed E-state index contributed by atoms with van der Waals surface area (Å²) in [4.78, 5) is 17.7. The van der Waals surface area contributed by atoms with Crippen LogP contribution in [0.5, 0.6) is 0 Å². The smallest absolute Gasteiger partial charge is 0.255 e. The molecule has 2 aromatic carbocycles. The van der Waals surface area contributed by atoms with E-state index in [9.17, 15) is 4.79 Å². The molecule has 0 radical (unpaired) electrons. The van der Waals surface area contributed by atoms with E-state index < -0.39 is 0 Å². The molecule has 0 saturated heterocycles. The highest BCUT2D eigenvalue weighted by atomic mass is 32.1. The third-order valence-corrected chi connectivity index (χ3v) is 3.71. The first kappa shape index (κ1) is 12.8. The van der Waals surface area contributed by atoms with Crippen LogP contribution in [-0.4, -0.2) is 9.97 Å². The molecule has 0 bridgehead atoms. The predicted molar refractivity (Wildman–Crippen MR) is 83.7 cm³/mol. The lowest BCUT2D eigenvalue weighted by Gasteiger charge is -2.08. The van der Waals surface area contributed by atoms with Crippen LogP contribution in [0.2, 0.25) is 0 Å². The SMILES string of the molecule is Cc1[nH]c(=S)[nH]c(=O)c1Cc1cccc2ccccc12. The topological polar surface area (TPSA) is 48.6 Å². The third-order valence-electron chi connectivity index (χ3n) is 3.50. The molecule has 0 aliphatic heterocycles. The molecule has 0 fully saturated rings. The van der Waals surface area contributed by atoms with Crippen LogP contribution in [-0.2, 0) is 6.42 Å². The average Bonchev–Trinajstić information content (AvgIpc) is 2.43. The Balaban J connectivity index is 2.15. The van der Waals surface area contributed by atoms with Crippen molar-refractivity contribution in [3.8, 4) is 0 Å². The number of fused-ring (bicyclic) bond motifs is 1. The first-order valence-corrected chi connectivity index (χ1v) is 6.84. The van der Waals surface area contributed by atoms with Gasteiger partial charge in [0.15, 0.2) is 4.77 Å². The highest BCUT2D eigenvalue weighted by Crippen LogP contribution is 2.20. The fourth-order valence-corrected chi connectivity index (χ4v) is 2.72. The zero-order valence-electron chi connectivity index (χ0n) is 11.1. The first-order valence-electron chi connectivity index (χ1n) is 6.44. The number of aromatic nitrogens is 2. The van der Waals surface area contributed by atoms with Gasteiger partial charge < -0.3 is 4.98 Å². The van der Waals surface area contributed by atoms with Crippen molar-refractivity contribution in [2.24, 2.45) is 0 Å². The molecule has 3 aromatic rings. The van der Waals surface area contributed by atoms with Gasteiger partial charge in [-0.15, -0.1) is 0 Å². The van der Waals surface area contributed by atoms with Crippen LogP contribution in [0.25, 0.3) is 10.8 Å². The number of rotatable bonds is 2. The van der Waals surface area contributed by atoms with Crippen molar-refractivity contribution in [2.75, 3.05) is 0 Å². The molecule has 2 N–H and O–H groups in total. The molecule has 100 valence electrons. The van der Waals surface area contributed by atoms with Crippen molar-refractivity contribution < 1.29 is 0 Å². The number of benzene rings is 2. The van der Waals surface area contributed by atoms with Crippen molar-refractivity contribution in [3.05, 3.63) is 74.4 Å². The van der Waals surface area contributed by atoms with Gasteiger partial charge in [0, 0.05) is 17.7 Å². The summed E-state index contributed by atoms with van der Waals surface area (Å²) in [6.45, 7) is 1.88. The Bertz CT molecular complexity index is 887. The molecule has 0 atom stereocenters. The second-order valence-electron chi connectivity index (χ2n) is 4.83. The van der Waals surface area contributed by atoms with E-state index in [1.165, 1.54) is 10.8 Å². The van der Waals surface area contributed by atoms with Crippen molar-refractivity contribution >= 4 is 23.0 Å². The third kappa shape index (κ3) is 2.30. The highest BCUT2D eigenvalue weighted by molar-refractivity contribution is 7.71. The fourth-order valence-electron chi connectivity index (χ4n) is 2.48. The summed E-state index contributed by atoms with van der Waals surface area (Å²) in [7, 11) is 0. The van der Waals surface area contributed by atoms with E-state index >= 15 is 0 Å². The van der Waals surface area contributed by atoms with Gasteiger partial charge in [-0.2, -0.15) is 0 Å². The minimum absolute atomic E-state index is 0.112. The Morgan fingerprint density at radius 3 is 2.60 bits per heavy atom. The monoisotopic (exact) mass is 282 g/mol. The number of H-pyrrole nitrogens is 2. The minimum atomic E-state index is -0.112. The maximum atomic E-state index is 12.1. The lowest BCUT2D eigenvalue weighted by Crippen LogP contribution is -2.16. The summed E-state index contributed by atoms with van der Waals surface area (Å²) in [5, 5.41) is 2.36. The van der Waals surface area contributed by atoms with Crippen molar-refractivity contribution in [1.29, 1.82) is 0 Å². The van der Waals surface area contributed by atoms with Gasteiger partial charge >= 0.3 is 0 Å². The quantitative estimate of drug-likeness (QED) is 0.707. The molecular weight excluding hydrogens is 268 g/mol. The summed E-state index contributed by atoms with van der Waals surface area (Å²) in [6.07, 6.45) is 0.592. The molecule has 0 aliphatic carbocycles. The molecule has 0 amide bonds. The Labute approximate surface area is 121 Å². The summed E-state index contributed by atoms with van der Waals surface area (Å²) < 4.78 is 0.370. The Hall–Kier alpha value is -2.20. The molecule has 20 heavy (non-hydrogen) atoms. The molecular formula is C16H14N2OS. The van der Waals surface area contributed by atoms with Gasteiger partial charge in [-0.3, -0.25) is 9.78 Å². The molecule has 3 nitrogen and oxygen atoms in total. The van der Waals surface area contributed by atoms with E-state index in [1.807, 2.05) is 25.1 Å². The Morgan fingerprint density at radius 1 is 1.05 bits per heavy atom. The second-order valence-corrected chi connectivity index (χ2v) is 5.24. The average molecular weight is 282 g/mol. The summed E-state index contributed by atoms with van der Waals surface area (Å²) in [5.74, 6) is 0. The van der Waals surface area contributed by atoms with Crippen LogP contribution >= 0.6 is 12.2 Å². The normalized spacial score (nSPS) is 10.8. The molecule has 3 rings (SSSR count). The van der Waals surface area contributed by atoms with Crippen LogP contribution in [0.4, 0.5) is 0 Å². The number of aryl methyl sites for hydroxylation is 1. The predicted octanol–water partition coefficient (Wildman–Crippen LogP) is 3.48. The second kappa shape index (κ2) is 5.06. The summed E-state index contributed by atoms with van der Waals surface area (Å²) >= 11 is 4.98. The summed E-state index contributed by atoms with van der Waals surface area (Å²) in [5.41, 5.74) is 2.59. The van der Waals surface area contributed by atoms with Crippen LogP contribution in [0.3, 0.4) is 0 Å². The maximum Gasteiger partial charge on any atom is 0.255 e. The molecule has 1 heterocycles. The molecule has 0 unspecified atom stereocenters. The first-order chi connectivity index (χ1) is 9.65. The van der Waals surface area contributed by atoms with E-state index in [0.717, 1.165) is 16.8 Å². The number of hydrogen-bond donors (Lipinski definition) is 2. The van der Waals surface area contributed by atoms with Gasteiger partial charge in [0.1, 0.15) is 0 Å². The Morgan fingerprint density at radius 2 is 1.80 bits per heavy atom. The highest BCUT2D eigenvalue weighted by Gasteiger charge is 2.08. The zero-order chi connectivity index (χ0) is 14.1. The number of hydrogen-bond acceptors (Lipinski definition) is 2. The largest absolute Gasteiger partial charge is 0.336 e. The van der Waals surface area contributed by atoms with Gasteiger partial charge in [0.2, 0.25) is 0 Å².